The summed E-state index contributed by atoms with van der Waals surface area (Å²) >= 11 is 11.8. The van der Waals surface area contributed by atoms with Crippen LogP contribution in [0.1, 0.15) is 24.1 Å². The highest BCUT2D eigenvalue weighted by molar-refractivity contribution is 6.30. The van der Waals surface area contributed by atoms with Crippen molar-refractivity contribution < 1.29 is 4.79 Å². The molecule has 5 nitrogen and oxygen atoms in total. The number of aromatic nitrogens is 2. The molecule has 0 unspecified atom stereocenters. The summed E-state index contributed by atoms with van der Waals surface area (Å²) in [5.74, 6) is 0.257. The second-order valence-electron chi connectivity index (χ2n) is 5.90. The number of carbonyl (C=O) groups is 1. The third-order valence-corrected chi connectivity index (χ3v) is 4.40. The number of para-hydroxylation sites is 1. The van der Waals surface area contributed by atoms with E-state index in [1.165, 1.54) is 0 Å². The second-order valence-corrected chi connectivity index (χ2v) is 6.66. The van der Waals surface area contributed by atoms with Gasteiger partial charge in [-0.25, -0.2) is 10.4 Å². The molecule has 2 aromatic heterocycles. The second kappa shape index (κ2) is 9.44. The zero-order valence-electron chi connectivity index (χ0n) is 14.5. The minimum Gasteiger partial charge on any atom is -0.273 e. The maximum Gasteiger partial charge on any atom is 0.240 e. The van der Waals surface area contributed by atoms with Gasteiger partial charge in [-0.05, 0) is 36.2 Å². The van der Waals surface area contributed by atoms with E-state index in [2.05, 4.69) is 20.5 Å². The van der Waals surface area contributed by atoms with Crippen molar-refractivity contribution in [2.75, 3.05) is 5.88 Å². The van der Waals surface area contributed by atoms with Crippen molar-refractivity contribution in [2.24, 2.45) is 5.10 Å². The Morgan fingerprint density at radius 2 is 1.96 bits per heavy atom. The number of pyridine rings is 2. The summed E-state index contributed by atoms with van der Waals surface area (Å²) in [4.78, 5) is 20.6. The molecule has 0 aliphatic carbocycles. The zero-order valence-corrected chi connectivity index (χ0v) is 16.0. The lowest BCUT2D eigenvalue weighted by Crippen LogP contribution is -2.21. The average molecular weight is 401 g/mol. The molecule has 0 spiro atoms. The van der Waals surface area contributed by atoms with Crippen molar-refractivity contribution in [1.82, 2.24) is 15.4 Å². The molecule has 7 heteroatoms. The summed E-state index contributed by atoms with van der Waals surface area (Å²) in [6, 6.07) is 15.2. The van der Waals surface area contributed by atoms with Crippen LogP contribution in [0, 0.1) is 0 Å². The molecule has 0 saturated carbocycles. The molecular weight excluding hydrogens is 383 g/mol. The van der Waals surface area contributed by atoms with Gasteiger partial charge in [-0.3, -0.25) is 9.78 Å². The number of hydrogen-bond donors (Lipinski definition) is 1. The number of nitrogens with zero attached hydrogens (tertiary/aromatic N) is 3. The first kappa shape index (κ1) is 19.3. The molecule has 1 aromatic carbocycles. The highest BCUT2D eigenvalue weighted by atomic mass is 35.5. The molecule has 1 amide bonds. The highest BCUT2D eigenvalue weighted by Crippen LogP contribution is 2.22. The van der Waals surface area contributed by atoms with Crippen molar-refractivity contribution in [1.29, 1.82) is 0 Å². The smallest absolute Gasteiger partial charge is 0.240 e. The summed E-state index contributed by atoms with van der Waals surface area (Å²) in [6.45, 7) is 0. The van der Waals surface area contributed by atoms with E-state index >= 15 is 0 Å². The first-order chi connectivity index (χ1) is 13.2. The molecule has 138 valence electrons. The van der Waals surface area contributed by atoms with Gasteiger partial charge in [0, 0.05) is 30.3 Å². The van der Waals surface area contributed by atoms with Crippen LogP contribution >= 0.6 is 23.2 Å². The Bertz CT molecular complexity index is 961. The van der Waals surface area contributed by atoms with Gasteiger partial charge in [0.15, 0.2) is 0 Å². The van der Waals surface area contributed by atoms with Crippen molar-refractivity contribution >= 4 is 45.7 Å². The van der Waals surface area contributed by atoms with E-state index in [-0.39, 0.29) is 5.91 Å². The lowest BCUT2D eigenvalue weighted by Gasteiger charge is -2.10. The molecule has 0 bridgehead atoms. The summed E-state index contributed by atoms with van der Waals surface area (Å²) in [5, 5.41) is 5.72. The Hall–Kier alpha value is -2.50. The van der Waals surface area contributed by atoms with Crippen LogP contribution in [0.3, 0.4) is 0 Å². The van der Waals surface area contributed by atoms with Crippen LogP contribution in [0.5, 0.6) is 0 Å². The van der Waals surface area contributed by atoms with Crippen molar-refractivity contribution in [2.45, 2.75) is 19.3 Å². The van der Waals surface area contributed by atoms with Crippen molar-refractivity contribution in [3.63, 3.8) is 0 Å². The van der Waals surface area contributed by atoms with E-state index in [4.69, 9.17) is 23.2 Å². The van der Waals surface area contributed by atoms with Crippen LogP contribution in [0.2, 0.25) is 5.15 Å². The molecular formula is C20H18Cl2N4O. The molecule has 0 aliphatic heterocycles. The molecule has 3 rings (SSSR count). The van der Waals surface area contributed by atoms with E-state index in [1.54, 1.807) is 6.20 Å². The number of nitrogens with one attached hydrogen (secondary N) is 1. The minimum atomic E-state index is -0.179. The Balaban J connectivity index is 1.94. The summed E-state index contributed by atoms with van der Waals surface area (Å²) in [5.41, 5.74) is 5.70. The van der Waals surface area contributed by atoms with Crippen LogP contribution < -0.4 is 5.43 Å². The third kappa shape index (κ3) is 5.25. The molecule has 0 radical (unpaired) electrons. The molecule has 1 N–H and O–H groups in total. The molecule has 27 heavy (non-hydrogen) atoms. The number of amides is 1. The predicted octanol–water partition coefficient (Wildman–Crippen LogP) is 4.37. The van der Waals surface area contributed by atoms with Gasteiger partial charge in [-0.15, -0.1) is 11.6 Å². The first-order valence-electron chi connectivity index (χ1n) is 8.54. The maximum absolute atomic E-state index is 11.9. The maximum atomic E-state index is 11.9. The van der Waals surface area contributed by atoms with Crippen LogP contribution in [0.15, 0.2) is 59.8 Å². The number of hydrazone groups is 1. The number of rotatable bonds is 7. The fourth-order valence-corrected chi connectivity index (χ4v) is 3.03. The van der Waals surface area contributed by atoms with Crippen molar-refractivity contribution in [3.05, 3.63) is 71.1 Å². The van der Waals surface area contributed by atoms with Gasteiger partial charge < -0.3 is 0 Å². The minimum absolute atomic E-state index is 0.179. The first-order valence-corrected chi connectivity index (χ1v) is 9.45. The van der Waals surface area contributed by atoms with Crippen molar-refractivity contribution in [3.8, 4) is 0 Å². The largest absolute Gasteiger partial charge is 0.273 e. The molecule has 3 aromatic rings. The highest BCUT2D eigenvalue weighted by Gasteiger charge is 2.12. The summed E-state index contributed by atoms with van der Waals surface area (Å²) < 4.78 is 0. The fraction of sp³-hybridized carbons (Fsp3) is 0.200. The van der Waals surface area contributed by atoms with E-state index in [0.717, 1.165) is 16.5 Å². The normalized spacial score (nSPS) is 11.6. The molecule has 2 heterocycles. The lowest BCUT2D eigenvalue weighted by atomic mass is 10.0. The third-order valence-electron chi connectivity index (χ3n) is 3.94. The van der Waals surface area contributed by atoms with Gasteiger partial charge in [0.25, 0.3) is 0 Å². The van der Waals surface area contributed by atoms with Gasteiger partial charge in [0.1, 0.15) is 5.15 Å². The van der Waals surface area contributed by atoms with E-state index < -0.39 is 0 Å². The van der Waals surface area contributed by atoms with Gasteiger partial charge >= 0.3 is 0 Å². The number of alkyl halides is 1. The molecule has 0 atom stereocenters. The van der Waals surface area contributed by atoms with E-state index in [9.17, 15) is 4.79 Å². The summed E-state index contributed by atoms with van der Waals surface area (Å²) in [6.07, 6.45) is 3.08. The van der Waals surface area contributed by atoms with Crippen LogP contribution in [0.25, 0.3) is 10.9 Å². The zero-order chi connectivity index (χ0) is 19.1. The molecule has 0 saturated heterocycles. The van der Waals surface area contributed by atoms with Gasteiger partial charge in [0.2, 0.25) is 5.91 Å². The monoisotopic (exact) mass is 400 g/mol. The molecule has 0 fully saturated rings. The van der Waals surface area contributed by atoms with Gasteiger partial charge in [-0.2, -0.15) is 5.10 Å². The van der Waals surface area contributed by atoms with E-state index in [0.29, 0.717) is 41.7 Å². The van der Waals surface area contributed by atoms with E-state index in [1.807, 2.05) is 48.5 Å². The Labute approximate surface area is 167 Å². The topological polar surface area (TPSA) is 67.2 Å². The quantitative estimate of drug-likeness (QED) is 0.277. The van der Waals surface area contributed by atoms with Gasteiger partial charge in [-0.1, -0.05) is 35.9 Å². The lowest BCUT2D eigenvalue weighted by molar-refractivity contribution is -0.121. The fourth-order valence-electron chi connectivity index (χ4n) is 2.67. The Morgan fingerprint density at radius 1 is 1.15 bits per heavy atom. The number of benzene rings is 1. The number of fused-ring (bicyclic) bond motifs is 1. The number of hydrogen-bond acceptors (Lipinski definition) is 4. The van der Waals surface area contributed by atoms with Crippen LogP contribution in [-0.4, -0.2) is 27.5 Å². The molecule has 0 aliphatic rings. The summed E-state index contributed by atoms with van der Waals surface area (Å²) in [7, 11) is 0. The average Bonchev–Trinajstić information content (AvgIpc) is 2.69. The SMILES string of the molecule is O=C(CCCCl)NN=C(Cc1cc(Cl)nc2ccccc12)c1ccccn1. The Kier molecular flexibility index (Phi) is 6.74. The van der Waals surface area contributed by atoms with Crippen LogP contribution in [0.4, 0.5) is 0 Å². The predicted molar refractivity (Wildman–Crippen MR) is 109 cm³/mol. The Morgan fingerprint density at radius 3 is 2.74 bits per heavy atom. The van der Waals surface area contributed by atoms with Gasteiger partial charge in [0.05, 0.1) is 16.9 Å². The van der Waals surface area contributed by atoms with Crippen LogP contribution in [-0.2, 0) is 11.2 Å². The number of halogens is 2. The number of carbonyl (C=O) groups excluding carboxylic acids is 1. The standard InChI is InChI=1S/C20H18Cl2N4O/c21-10-5-9-20(27)26-25-18(17-8-3-4-11-23-17)12-14-13-19(22)24-16-7-2-1-6-15(14)16/h1-4,6-8,11,13H,5,9-10,12H2,(H,26,27).